The zero-order valence-electron chi connectivity index (χ0n) is 12.9. The molecule has 0 fully saturated rings. The Labute approximate surface area is 129 Å². The van der Waals surface area contributed by atoms with Crippen molar-refractivity contribution in [3.8, 4) is 11.5 Å². The summed E-state index contributed by atoms with van der Waals surface area (Å²) in [5, 5.41) is 0. The van der Waals surface area contributed by atoms with Crippen LogP contribution in [0.25, 0.3) is 0 Å². The zero-order valence-corrected chi connectivity index (χ0v) is 12.9. The van der Waals surface area contributed by atoms with Crippen LogP contribution in [0.5, 0.6) is 11.5 Å². The number of methoxy groups -OCH3 is 2. The number of anilines is 2. The van der Waals surface area contributed by atoms with Crippen LogP contribution < -0.4 is 20.9 Å². The van der Waals surface area contributed by atoms with Gasteiger partial charge in [0.2, 0.25) is 11.9 Å². The summed E-state index contributed by atoms with van der Waals surface area (Å²) in [7, 11) is 5.17. The fourth-order valence-electron chi connectivity index (χ4n) is 2.19. The van der Waals surface area contributed by atoms with Gasteiger partial charge in [-0.2, -0.15) is 15.0 Å². The molecule has 0 saturated heterocycles. The van der Waals surface area contributed by atoms with Crippen LogP contribution in [0.4, 0.5) is 11.9 Å². The van der Waals surface area contributed by atoms with E-state index in [4.69, 9.17) is 20.9 Å². The van der Waals surface area contributed by atoms with Crippen LogP contribution in [0.15, 0.2) is 18.2 Å². The molecule has 0 atom stereocenters. The molecular weight excluding hydrogens is 284 g/mol. The molecule has 2 rings (SSSR count). The van der Waals surface area contributed by atoms with Crippen molar-refractivity contribution in [1.82, 2.24) is 19.9 Å². The third-order valence-electron chi connectivity index (χ3n) is 3.05. The van der Waals surface area contributed by atoms with Crippen molar-refractivity contribution >= 4 is 11.9 Å². The number of nitrogens with two attached hydrogens (primary N) is 2. The first kappa shape index (κ1) is 15.8. The van der Waals surface area contributed by atoms with Crippen LogP contribution in [0.2, 0.25) is 0 Å². The molecule has 0 aliphatic heterocycles. The molecule has 4 N–H and O–H groups in total. The highest BCUT2D eigenvalue weighted by atomic mass is 16.5. The van der Waals surface area contributed by atoms with Crippen molar-refractivity contribution in [2.24, 2.45) is 0 Å². The first-order valence-electron chi connectivity index (χ1n) is 6.67. The monoisotopic (exact) mass is 304 g/mol. The number of para-hydroxylation sites is 1. The van der Waals surface area contributed by atoms with E-state index in [1.165, 1.54) is 0 Å². The van der Waals surface area contributed by atoms with Crippen LogP contribution in [0.3, 0.4) is 0 Å². The van der Waals surface area contributed by atoms with E-state index in [0.29, 0.717) is 30.4 Å². The minimum atomic E-state index is 0.120. The standard InChI is InChI=1S/C14H20N6O2/c1-20(8-11-17-13(15)19-14(16)18-11)7-9-5-4-6-10(21-2)12(9)22-3/h4-6H,7-8H2,1-3H3,(H4,15,16,17,18,19). The minimum absolute atomic E-state index is 0.120. The van der Waals surface area contributed by atoms with Gasteiger partial charge in [-0.1, -0.05) is 12.1 Å². The van der Waals surface area contributed by atoms with E-state index in [2.05, 4.69) is 15.0 Å². The summed E-state index contributed by atoms with van der Waals surface area (Å²) < 4.78 is 10.7. The molecule has 2 aromatic rings. The highest BCUT2D eigenvalue weighted by Crippen LogP contribution is 2.31. The molecule has 0 amide bonds. The van der Waals surface area contributed by atoms with Gasteiger partial charge in [0, 0.05) is 12.1 Å². The molecule has 1 aromatic carbocycles. The fourth-order valence-corrected chi connectivity index (χ4v) is 2.19. The van der Waals surface area contributed by atoms with Gasteiger partial charge in [0.1, 0.15) is 5.82 Å². The Hall–Kier alpha value is -2.61. The first-order valence-corrected chi connectivity index (χ1v) is 6.67. The first-order chi connectivity index (χ1) is 10.5. The van der Waals surface area contributed by atoms with Crippen LogP contribution in [0, 0.1) is 0 Å². The van der Waals surface area contributed by atoms with Gasteiger partial charge in [-0.3, -0.25) is 4.90 Å². The number of nitrogens with zero attached hydrogens (tertiary/aromatic N) is 4. The molecule has 1 heterocycles. The second-order valence-electron chi connectivity index (χ2n) is 4.79. The molecule has 0 bridgehead atoms. The Morgan fingerprint density at radius 3 is 2.27 bits per heavy atom. The van der Waals surface area contributed by atoms with Crippen molar-refractivity contribution in [3.05, 3.63) is 29.6 Å². The summed E-state index contributed by atoms with van der Waals surface area (Å²) in [5.74, 6) is 2.17. The van der Waals surface area contributed by atoms with Gasteiger partial charge in [-0.15, -0.1) is 0 Å². The molecule has 8 nitrogen and oxygen atoms in total. The maximum absolute atomic E-state index is 5.57. The number of ether oxygens (including phenoxy) is 2. The molecule has 0 aliphatic rings. The van der Waals surface area contributed by atoms with Gasteiger partial charge in [-0.05, 0) is 13.1 Å². The van der Waals surface area contributed by atoms with Crippen molar-refractivity contribution in [2.75, 3.05) is 32.7 Å². The smallest absolute Gasteiger partial charge is 0.225 e. The summed E-state index contributed by atoms with van der Waals surface area (Å²) >= 11 is 0. The zero-order chi connectivity index (χ0) is 16.1. The normalized spacial score (nSPS) is 10.7. The predicted octanol–water partition coefficient (Wildman–Crippen LogP) is 0.685. The van der Waals surface area contributed by atoms with E-state index in [1.807, 2.05) is 30.1 Å². The lowest BCUT2D eigenvalue weighted by molar-refractivity contribution is 0.297. The third kappa shape index (κ3) is 3.73. The molecule has 0 spiro atoms. The Kier molecular flexibility index (Phi) is 4.95. The number of rotatable bonds is 6. The molecule has 0 aliphatic carbocycles. The molecule has 0 unspecified atom stereocenters. The molecule has 1 aromatic heterocycles. The lowest BCUT2D eigenvalue weighted by Gasteiger charge is -2.19. The Morgan fingerprint density at radius 2 is 1.68 bits per heavy atom. The fraction of sp³-hybridized carbons (Fsp3) is 0.357. The quantitative estimate of drug-likeness (QED) is 0.801. The van der Waals surface area contributed by atoms with E-state index in [-0.39, 0.29) is 11.9 Å². The van der Waals surface area contributed by atoms with Crippen molar-refractivity contribution in [1.29, 1.82) is 0 Å². The number of nitrogen functional groups attached to an aromatic ring is 2. The molecule has 22 heavy (non-hydrogen) atoms. The van der Waals surface area contributed by atoms with Gasteiger partial charge in [0.25, 0.3) is 0 Å². The predicted molar refractivity (Wildman–Crippen MR) is 83.4 cm³/mol. The van der Waals surface area contributed by atoms with Gasteiger partial charge in [0.15, 0.2) is 11.5 Å². The van der Waals surface area contributed by atoms with E-state index >= 15 is 0 Å². The topological polar surface area (TPSA) is 112 Å². The van der Waals surface area contributed by atoms with Crippen molar-refractivity contribution in [2.45, 2.75) is 13.1 Å². The van der Waals surface area contributed by atoms with Crippen LogP contribution in [-0.4, -0.2) is 41.1 Å². The summed E-state index contributed by atoms with van der Waals surface area (Å²) in [5.41, 5.74) is 12.1. The average molecular weight is 304 g/mol. The SMILES string of the molecule is COc1cccc(CN(C)Cc2nc(N)nc(N)n2)c1OC. The molecule has 0 saturated carbocycles. The lowest BCUT2D eigenvalue weighted by Crippen LogP contribution is -2.20. The molecule has 118 valence electrons. The van der Waals surface area contributed by atoms with Crippen LogP contribution in [-0.2, 0) is 13.1 Å². The number of hydrogen-bond acceptors (Lipinski definition) is 8. The Bertz CT molecular complexity index is 629. The van der Waals surface area contributed by atoms with Gasteiger partial charge >= 0.3 is 0 Å². The summed E-state index contributed by atoms with van der Waals surface area (Å²) in [6.07, 6.45) is 0. The molecule has 8 heteroatoms. The summed E-state index contributed by atoms with van der Waals surface area (Å²) in [4.78, 5) is 13.9. The lowest BCUT2D eigenvalue weighted by atomic mass is 10.1. The Balaban J connectivity index is 2.13. The second-order valence-corrected chi connectivity index (χ2v) is 4.79. The number of hydrogen-bond donors (Lipinski definition) is 2. The maximum Gasteiger partial charge on any atom is 0.225 e. The largest absolute Gasteiger partial charge is 0.493 e. The van der Waals surface area contributed by atoms with E-state index in [1.54, 1.807) is 14.2 Å². The van der Waals surface area contributed by atoms with Gasteiger partial charge < -0.3 is 20.9 Å². The van der Waals surface area contributed by atoms with Crippen LogP contribution >= 0.6 is 0 Å². The summed E-state index contributed by atoms with van der Waals surface area (Å²) in [6, 6.07) is 5.76. The highest BCUT2D eigenvalue weighted by molar-refractivity contribution is 5.46. The Morgan fingerprint density at radius 1 is 1.00 bits per heavy atom. The molecular formula is C14H20N6O2. The second kappa shape index (κ2) is 6.90. The number of benzene rings is 1. The number of aromatic nitrogens is 3. The van der Waals surface area contributed by atoms with Gasteiger partial charge in [0.05, 0.1) is 20.8 Å². The van der Waals surface area contributed by atoms with Crippen LogP contribution in [0.1, 0.15) is 11.4 Å². The van der Waals surface area contributed by atoms with E-state index in [0.717, 1.165) is 5.56 Å². The van der Waals surface area contributed by atoms with E-state index < -0.39 is 0 Å². The third-order valence-corrected chi connectivity index (χ3v) is 3.05. The average Bonchev–Trinajstić information content (AvgIpc) is 2.45. The van der Waals surface area contributed by atoms with Crippen molar-refractivity contribution in [3.63, 3.8) is 0 Å². The van der Waals surface area contributed by atoms with Crippen molar-refractivity contribution < 1.29 is 9.47 Å². The summed E-state index contributed by atoms with van der Waals surface area (Å²) in [6.45, 7) is 1.11. The highest BCUT2D eigenvalue weighted by Gasteiger charge is 2.13. The van der Waals surface area contributed by atoms with E-state index in [9.17, 15) is 0 Å². The molecule has 0 radical (unpaired) electrons. The van der Waals surface area contributed by atoms with Gasteiger partial charge in [-0.25, -0.2) is 0 Å². The maximum atomic E-state index is 5.57. The minimum Gasteiger partial charge on any atom is -0.493 e.